The molecule has 0 aromatic carbocycles. The second-order valence-corrected chi connectivity index (χ2v) is 19.5. The van der Waals surface area contributed by atoms with Gasteiger partial charge in [-0.05, 0) is 83.5 Å². The predicted octanol–water partition coefficient (Wildman–Crippen LogP) is 19.9. The van der Waals surface area contributed by atoms with Crippen LogP contribution in [0.5, 0.6) is 0 Å². The van der Waals surface area contributed by atoms with Gasteiger partial charge in [0.25, 0.3) is 0 Å². The average Bonchev–Trinajstić information content (AvgIpc) is 3.36. The molecule has 402 valence electrons. The number of ether oxygens (including phenoxy) is 3. The molecule has 0 aliphatic carbocycles. The lowest BCUT2D eigenvalue weighted by molar-refractivity contribution is -0.167. The van der Waals surface area contributed by atoms with Gasteiger partial charge in [0.1, 0.15) is 13.2 Å². The number of allylic oxidation sites excluding steroid dienone is 14. The van der Waals surface area contributed by atoms with Crippen LogP contribution in [0.15, 0.2) is 85.1 Å². The van der Waals surface area contributed by atoms with E-state index < -0.39 is 6.10 Å². The van der Waals surface area contributed by atoms with Gasteiger partial charge < -0.3 is 14.2 Å². The third-order valence-electron chi connectivity index (χ3n) is 12.6. The molecule has 0 aromatic heterocycles. The van der Waals surface area contributed by atoms with Crippen molar-refractivity contribution in [3.05, 3.63) is 85.1 Å². The van der Waals surface area contributed by atoms with Crippen LogP contribution in [0.2, 0.25) is 0 Å². The minimum absolute atomic E-state index is 0.102. The molecule has 70 heavy (non-hydrogen) atoms. The van der Waals surface area contributed by atoms with Crippen molar-refractivity contribution in [2.75, 3.05) is 13.2 Å². The number of esters is 3. The van der Waals surface area contributed by atoms with Crippen LogP contribution in [0.25, 0.3) is 0 Å². The number of carbonyl (C=O) groups is 3. The highest BCUT2D eigenvalue weighted by atomic mass is 16.6. The van der Waals surface area contributed by atoms with Crippen molar-refractivity contribution in [3.63, 3.8) is 0 Å². The Bertz CT molecular complexity index is 1350. The molecule has 0 saturated heterocycles. The molecule has 0 rings (SSSR count). The summed E-state index contributed by atoms with van der Waals surface area (Å²) in [5.74, 6) is -0.967. The summed E-state index contributed by atoms with van der Waals surface area (Å²) in [6.45, 7) is 6.45. The van der Waals surface area contributed by atoms with Crippen LogP contribution < -0.4 is 0 Å². The maximum Gasteiger partial charge on any atom is 0.306 e. The fourth-order valence-electron chi connectivity index (χ4n) is 8.20. The molecule has 0 aromatic rings. The van der Waals surface area contributed by atoms with E-state index >= 15 is 0 Å². The highest BCUT2D eigenvalue weighted by Gasteiger charge is 2.19. The smallest absolute Gasteiger partial charge is 0.306 e. The highest BCUT2D eigenvalue weighted by Crippen LogP contribution is 2.16. The highest BCUT2D eigenvalue weighted by molar-refractivity contribution is 5.71. The van der Waals surface area contributed by atoms with Gasteiger partial charge in [0.05, 0.1) is 0 Å². The van der Waals surface area contributed by atoms with Crippen LogP contribution in [0.3, 0.4) is 0 Å². The Morgan fingerprint density at radius 3 is 0.957 bits per heavy atom. The van der Waals surface area contributed by atoms with Crippen LogP contribution in [0.4, 0.5) is 0 Å². The van der Waals surface area contributed by atoms with Crippen molar-refractivity contribution >= 4 is 17.9 Å². The van der Waals surface area contributed by atoms with E-state index in [-0.39, 0.29) is 37.5 Å². The summed E-state index contributed by atoms with van der Waals surface area (Å²) in [6, 6.07) is 0. The first-order chi connectivity index (χ1) is 34.5. The largest absolute Gasteiger partial charge is 0.462 e. The Balaban J connectivity index is 4.41. The Labute approximate surface area is 433 Å². The number of hydrogen-bond donors (Lipinski definition) is 0. The maximum absolute atomic E-state index is 12.8. The first-order valence-corrected chi connectivity index (χ1v) is 29.6. The number of unbranched alkanes of at least 4 members (excludes halogenated alkanes) is 28. The van der Waals surface area contributed by atoms with Gasteiger partial charge in [-0.15, -0.1) is 0 Å². The van der Waals surface area contributed by atoms with E-state index in [4.69, 9.17) is 14.2 Å². The van der Waals surface area contributed by atoms with Crippen molar-refractivity contribution in [2.45, 2.75) is 290 Å². The zero-order valence-corrected chi connectivity index (χ0v) is 46.0. The first kappa shape index (κ1) is 66.6. The summed E-state index contributed by atoms with van der Waals surface area (Å²) in [7, 11) is 0. The van der Waals surface area contributed by atoms with E-state index in [1.54, 1.807) is 0 Å². The number of hydrogen-bond acceptors (Lipinski definition) is 6. The molecule has 0 bridgehead atoms. The van der Waals surface area contributed by atoms with E-state index in [9.17, 15) is 14.4 Å². The zero-order valence-electron chi connectivity index (χ0n) is 46.0. The van der Waals surface area contributed by atoms with Gasteiger partial charge in [-0.3, -0.25) is 14.4 Å². The third kappa shape index (κ3) is 55.5. The van der Waals surface area contributed by atoms with Gasteiger partial charge in [-0.25, -0.2) is 0 Å². The van der Waals surface area contributed by atoms with Crippen molar-refractivity contribution in [3.8, 4) is 0 Å². The molecule has 0 amide bonds. The third-order valence-corrected chi connectivity index (χ3v) is 12.6. The molecule has 0 aliphatic rings. The fourth-order valence-corrected chi connectivity index (χ4v) is 8.20. The van der Waals surface area contributed by atoms with Gasteiger partial charge in [0.2, 0.25) is 0 Å². The van der Waals surface area contributed by atoms with E-state index in [2.05, 4.69) is 106 Å². The molecule has 1 unspecified atom stereocenters. The lowest BCUT2D eigenvalue weighted by Crippen LogP contribution is -2.30. The molecule has 0 radical (unpaired) electrons. The molecule has 0 spiro atoms. The Morgan fingerprint density at radius 2 is 0.586 bits per heavy atom. The van der Waals surface area contributed by atoms with Gasteiger partial charge in [-0.2, -0.15) is 0 Å². The van der Waals surface area contributed by atoms with Crippen LogP contribution in [0.1, 0.15) is 284 Å². The SMILES string of the molecule is CC/C=C\C/C=C\C/C=C\C/C=C\C/C=C\CCCC(=O)OC(COC(=O)CCCCCCC/C=C\C/C=C\CCCC)COC(=O)CCCCCCCCCCCCCCCCCCCCCCC. The Morgan fingerprint density at radius 1 is 0.300 bits per heavy atom. The van der Waals surface area contributed by atoms with Crippen molar-refractivity contribution < 1.29 is 28.6 Å². The second kappa shape index (κ2) is 58.2. The van der Waals surface area contributed by atoms with Crippen molar-refractivity contribution in [1.29, 1.82) is 0 Å². The first-order valence-electron chi connectivity index (χ1n) is 29.6. The van der Waals surface area contributed by atoms with Gasteiger partial charge in [0, 0.05) is 19.3 Å². The minimum atomic E-state index is -0.811. The van der Waals surface area contributed by atoms with E-state index in [1.807, 2.05) is 0 Å². The number of carbonyl (C=O) groups excluding carboxylic acids is 3. The molecular formula is C64H110O6. The normalized spacial score (nSPS) is 12.7. The quantitative estimate of drug-likeness (QED) is 0.0261. The molecule has 0 heterocycles. The topological polar surface area (TPSA) is 78.9 Å². The molecular weight excluding hydrogens is 865 g/mol. The summed E-state index contributed by atoms with van der Waals surface area (Å²) >= 11 is 0. The monoisotopic (exact) mass is 975 g/mol. The molecule has 6 nitrogen and oxygen atoms in total. The van der Waals surface area contributed by atoms with Crippen LogP contribution >= 0.6 is 0 Å². The van der Waals surface area contributed by atoms with Crippen molar-refractivity contribution in [2.24, 2.45) is 0 Å². The summed E-state index contributed by atoms with van der Waals surface area (Å²) in [6.07, 6.45) is 75.9. The van der Waals surface area contributed by atoms with Gasteiger partial charge in [0.15, 0.2) is 6.10 Å². The summed E-state index contributed by atoms with van der Waals surface area (Å²) < 4.78 is 16.8. The van der Waals surface area contributed by atoms with Gasteiger partial charge >= 0.3 is 17.9 Å². The summed E-state index contributed by atoms with van der Waals surface area (Å²) in [4.78, 5) is 38.2. The Hall–Kier alpha value is -3.41. The minimum Gasteiger partial charge on any atom is -0.462 e. The number of rotatable bonds is 53. The Kier molecular flexibility index (Phi) is 55.3. The fraction of sp³-hybridized carbons (Fsp3) is 0.734. The molecule has 0 fully saturated rings. The maximum atomic E-state index is 12.8. The lowest BCUT2D eigenvalue weighted by Gasteiger charge is -2.18. The van der Waals surface area contributed by atoms with E-state index in [1.165, 1.54) is 135 Å². The molecule has 6 heteroatoms. The van der Waals surface area contributed by atoms with E-state index in [0.29, 0.717) is 19.3 Å². The second-order valence-electron chi connectivity index (χ2n) is 19.5. The van der Waals surface area contributed by atoms with Gasteiger partial charge in [-0.1, -0.05) is 266 Å². The summed E-state index contributed by atoms with van der Waals surface area (Å²) in [5, 5.41) is 0. The lowest BCUT2D eigenvalue weighted by atomic mass is 10.0. The molecule has 1 atom stereocenters. The molecule has 0 saturated carbocycles. The van der Waals surface area contributed by atoms with Crippen LogP contribution in [0, 0.1) is 0 Å². The van der Waals surface area contributed by atoms with Crippen molar-refractivity contribution in [1.82, 2.24) is 0 Å². The summed E-state index contributed by atoms with van der Waals surface area (Å²) in [5.41, 5.74) is 0. The van der Waals surface area contributed by atoms with Crippen LogP contribution in [-0.4, -0.2) is 37.2 Å². The average molecular weight is 976 g/mol. The molecule has 0 aliphatic heterocycles. The predicted molar refractivity (Wildman–Crippen MR) is 302 cm³/mol. The zero-order chi connectivity index (χ0) is 50.7. The molecule has 0 N–H and O–H groups in total. The van der Waals surface area contributed by atoms with E-state index in [0.717, 1.165) is 103 Å². The standard InChI is InChI=1S/C64H110O6/c1-4-7-10-13-16-19-22-25-28-30-31-32-33-35-36-39-42-45-48-51-54-57-63(66)69-60-61(59-68-62(65)56-53-50-47-44-41-38-27-24-21-18-15-12-9-6-3)70-64(67)58-55-52-49-46-43-40-37-34-29-26-23-20-17-14-11-8-5-2/h8,11,15,17-18,20,24,26-27,29,37,40,46,49,61H,4-7,9-10,12-14,16,19,21-23,25,28,30-36,38-39,41-45,47-48,50-60H2,1-3H3/b11-8-,18-15-,20-17-,27-24-,29-26-,40-37-,49-46-. The van der Waals surface area contributed by atoms with Crippen LogP contribution in [-0.2, 0) is 28.6 Å².